The van der Waals surface area contributed by atoms with Crippen LogP contribution in [0.25, 0.3) is 0 Å². The van der Waals surface area contributed by atoms with Gasteiger partial charge in [0.2, 0.25) is 5.91 Å². The second kappa shape index (κ2) is 6.15. The first-order valence-corrected chi connectivity index (χ1v) is 7.56. The molecule has 1 fully saturated rings. The van der Waals surface area contributed by atoms with Crippen molar-refractivity contribution in [2.24, 2.45) is 0 Å². The highest BCUT2D eigenvalue weighted by molar-refractivity contribution is 6.32. The average Bonchev–Trinajstić information content (AvgIpc) is 2.47. The summed E-state index contributed by atoms with van der Waals surface area (Å²) in [6.45, 7) is 0. The van der Waals surface area contributed by atoms with Gasteiger partial charge in [0.15, 0.2) is 5.78 Å². The number of hydrogen-bond donors (Lipinski definition) is 0. The van der Waals surface area contributed by atoms with Gasteiger partial charge < -0.3 is 4.90 Å². The number of carbonyl (C=O) groups excluding carboxylic acids is 2. The van der Waals surface area contributed by atoms with Gasteiger partial charge in [0.1, 0.15) is 11.4 Å². The van der Waals surface area contributed by atoms with Crippen molar-refractivity contribution in [2.75, 3.05) is 12.9 Å². The first-order valence-electron chi connectivity index (χ1n) is 6.65. The number of benzene rings is 1. The number of amides is 1. The molecule has 1 aliphatic carbocycles. The van der Waals surface area contributed by atoms with E-state index in [1.54, 1.807) is 13.1 Å². The van der Waals surface area contributed by atoms with E-state index in [0.717, 1.165) is 12.8 Å². The van der Waals surface area contributed by atoms with Crippen LogP contribution in [0.15, 0.2) is 24.3 Å². The molecule has 20 heavy (non-hydrogen) atoms. The predicted octanol–water partition coefficient (Wildman–Crippen LogP) is 3.38. The summed E-state index contributed by atoms with van der Waals surface area (Å²) in [5.74, 6) is -0.365. The van der Waals surface area contributed by atoms with Gasteiger partial charge in [-0.1, -0.05) is 29.8 Å². The van der Waals surface area contributed by atoms with Gasteiger partial charge in [-0.3, -0.25) is 9.59 Å². The number of hydrogen-bond acceptors (Lipinski definition) is 2. The molecule has 1 aromatic carbocycles. The van der Waals surface area contributed by atoms with Gasteiger partial charge in [-0.15, -0.1) is 11.6 Å². The molecule has 5 heteroatoms. The Balaban J connectivity index is 2.58. The lowest BCUT2D eigenvalue weighted by molar-refractivity contribution is -0.146. The van der Waals surface area contributed by atoms with Crippen LogP contribution in [0, 0.1) is 0 Å². The van der Waals surface area contributed by atoms with Crippen LogP contribution in [-0.4, -0.2) is 29.5 Å². The maximum atomic E-state index is 12.6. The second-order valence-electron chi connectivity index (χ2n) is 5.06. The molecule has 0 radical (unpaired) electrons. The molecular formula is C15H17Cl2NO2. The van der Waals surface area contributed by atoms with Crippen LogP contribution < -0.4 is 0 Å². The van der Waals surface area contributed by atoms with Crippen molar-refractivity contribution in [1.82, 2.24) is 4.90 Å². The molecule has 0 bridgehead atoms. The van der Waals surface area contributed by atoms with E-state index in [2.05, 4.69) is 0 Å². The largest absolute Gasteiger partial charge is 0.328 e. The summed E-state index contributed by atoms with van der Waals surface area (Å²) < 4.78 is 0. The van der Waals surface area contributed by atoms with Crippen LogP contribution in [0.2, 0.25) is 5.02 Å². The zero-order valence-corrected chi connectivity index (χ0v) is 12.9. The number of halogens is 2. The number of carbonyl (C=O) groups is 2. The highest BCUT2D eigenvalue weighted by Crippen LogP contribution is 2.42. The van der Waals surface area contributed by atoms with Gasteiger partial charge in [0, 0.05) is 24.1 Å². The Morgan fingerprint density at radius 3 is 2.65 bits per heavy atom. The van der Waals surface area contributed by atoms with Crippen LogP contribution in [0.1, 0.15) is 31.2 Å². The fourth-order valence-corrected chi connectivity index (χ4v) is 3.40. The minimum Gasteiger partial charge on any atom is -0.328 e. The number of alkyl halides is 1. The molecule has 0 heterocycles. The summed E-state index contributed by atoms with van der Waals surface area (Å²) in [5, 5.41) is 0.511. The molecule has 0 saturated heterocycles. The van der Waals surface area contributed by atoms with Crippen LogP contribution in [0.5, 0.6) is 0 Å². The molecule has 3 nitrogen and oxygen atoms in total. The maximum absolute atomic E-state index is 12.6. The number of nitrogens with zero attached hydrogens (tertiary/aromatic N) is 1. The molecule has 108 valence electrons. The summed E-state index contributed by atoms with van der Waals surface area (Å²) in [7, 11) is 1.64. The topological polar surface area (TPSA) is 37.4 Å². The zero-order valence-electron chi connectivity index (χ0n) is 11.4. The van der Waals surface area contributed by atoms with Crippen molar-refractivity contribution in [3.8, 4) is 0 Å². The number of ketones is 1. The lowest BCUT2D eigenvalue weighted by atomic mass is 9.74. The van der Waals surface area contributed by atoms with E-state index < -0.39 is 5.54 Å². The normalized spacial score (nSPS) is 22.6. The summed E-state index contributed by atoms with van der Waals surface area (Å²) in [5.41, 5.74) is -0.268. The van der Waals surface area contributed by atoms with Gasteiger partial charge in [-0.25, -0.2) is 0 Å². The fraction of sp³-hybridized carbons (Fsp3) is 0.467. The van der Waals surface area contributed by atoms with E-state index in [1.165, 1.54) is 4.90 Å². The van der Waals surface area contributed by atoms with Crippen molar-refractivity contribution < 1.29 is 9.59 Å². The fourth-order valence-electron chi connectivity index (χ4n) is 2.93. The average molecular weight is 314 g/mol. The first-order chi connectivity index (χ1) is 9.54. The summed E-state index contributed by atoms with van der Waals surface area (Å²) >= 11 is 11.9. The van der Waals surface area contributed by atoms with E-state index in [-0.39, 0.29) is 17.6 Å². The van der Waals surface area contributed by atoms with Gasteiger partial charge in [0.25, 0.3) is 0 Å². The zero-order chi connectivity index (χ0) is 14.8. The molecular weight excluding hydrogens is 297 g/mol. The Bertz CT molecular complexity index is 532. The van der Waals surface area contributed by atoms with Crippen molar-refractivity contribution in [3.63, 3.8) is 0 Å². The molecule has 0 unspecified atom stereocenters. The molecule has 1 amide bonds. The summed E-state index contributed by atoms with van der Waals surface area (Å²) in [6.07, 6.45) is 2.80. The summed E-state index contributed by atoms with van der Waals surface area (Å²) in [4.78, 5) is 26.2. The predicted molar refractivity (Wildman–Crippen MR) is 80.1 cm³/mol. The SMILES string of the molecule is CN(C(=O)CCl)[C@]1(c2ccccc2Cl)CCCCC1=O. The molecule has 1 aromatic rings. The lowest BCUT2D eigenvalue weighted by Crippen LogP contribution is -2.54. The number of rotatable bonds is 3. The Morgan fingerprint density at radius 2 is 2.05 bits per heavy atom. The highest BCUT2D eigenvalue weighted by Gasteiger charge is 2.47. The Labute approximate surface area is 128 Å². The Hall–Kier alpha value is -1.06. The van der Waals surface area contributed by atoms with Crippen molar-refractivity contribution in [3.05, 3.63) is 34.9 Å². The summed E-state index contributed by atoms with van der Waals surface area (Å²) in [6, 6.07) is 7.23. The Kier molecular flexibility index (Phi) is 4.71. The third-order valence-electron chi connectivity index (χ3n) is 4.03. The van der Waals surface area contributed by atoms with E-state index in [0.29, 0.717) is 23.4 Å². The second-order valence-corrected chi connectivity index (χ2v) is 5.73. The minimum atomic E-state index is -0.970. The molecule has 0 aromatic heterocycles. The quantitative estimate of drug-likeness (QED) is 0.802. The molecule has 0 N–H and O–H groups in total. The van der Waals surface area contributed by atoms with Crippen molar-refractivity contribution >= 4 is 34.9 Å². The third-order valence-corrected chi connectivity index (χ3v) is 4.59. The molecule has 0 spiro atoms. The number of likely N-dealkylation sites (N-methyl/N-ethyl adjacent to an activating group) is 1. The lowest BCUT2D eigenvalue weighted by Gasteiger charge is -2.43. The van der Waals surface area contributed by atoms with Crippen LogP contribution in [0.3, 0.4) is 0 Å². The minimum absolute atomic E-state index is 0.0396. The van der Waals surface area contributed by atoms with Gasteiger partial charge in [-0.2, -0.15) is 0 Å². The smallest absolute Gasteiger partial charge is 0.238 e. The van der Waals surface area contributed by atoms with E-state index >= 15 is 0 Å². The Morgan fingerprint density at radius 1 is 1.35 bits per heavy atom. The highest BCUT2D eigenvalue weighted by atomic mass is 35.5. The van der Waals surface area contributed by atoms with Crippen LogP contribution >= 0.6 is 23.2 Å². The van der Waals surface area contributed by atoms with E-state index in [1.807, 2.05) is 18.2 Å². The standard InChI is InChI=1S/C15H17Cl2NO2/c1-18(14(20)10-16)15(9-5-4-8-13(15)19)11-6-2-3-7-12(11)17/h2-3,6-7H,4-5,8-10H2,1H3/t15-/m0/s1. The van der Waals surface area contributed by atoms with E-state index in [9.17, 15) is 9.59 Å². The van der Waals surface area contributed by atoms with Gasteiger partial charge in [0.05, 0.1) is 0 Å². The molecule has 0 aliphatic heterocycles. The molecule has 1 saturated carbocycles. The molecule has 1 atom stereocenters. The third kappa shape index (κ3) is 2.45. The molecule has 2 rings (SSSR count). The van der Waals surface area contributed by atoms with Crippen LogP contribution in [-0.2, 0) is 15.1 Å². The van der Waals surface area contributed by atoms with Crippen molar-refractivity contribution in [2.45, 2.75) is 31.2 Å². The number of Topliss-reactive ketones (excluding diaryl/α,β-unsaturated/α-hetero) is 1. The van der Waals surface area contributed by atoms with Crippen LogP contribution in [0.4, 0.5) is 0 Å². The van der Waals surface area contributed by atoms with Crippen molar-refractivity contribution in [1.29, 1.82) is 0 Å². The van der Waals surface area contributed by atoms with Gasteiger partial charge in [-0.05, 0) is 25.3 Å². The van der Waals surface area contributed by atoms with Gasteiger partial charge >= 0.3 is 0 Å². The maximum Gasteiger partial charge on any atom is 0.238 e. The first kappa shape index (κ1) is 15.3. The monoisotopic (exact) mass is 313 g/mol. The molecule has 1 aliphatic rings. The van der Waals surface area contributed by atoms with E-state index in [4.69, 9.17) is 23.2 Å².